The fourth-order valence-electron chi connectivity index (χ4n) is 3.18. The number of benzene rings is 2. The molecule has 30 heavy (non-hydrogen) atoms. The van der Waals surface area contributed by atoms with Crippen molar-refractivity contribution < 1.29 is 14.7 Å². The fraction of sp³-hybridized carbons (Fsp3) is 0.250. The van der Waals surface area contributed by atoms with Crippen LogP contribution in [0.2, 0.25) is 0 Å². The number of hydrogen-bond donors (Lipinski definition) is 2. The number of hydrogen-bond acceptors (Lipinski definition) is 4. The number of carbonyl (C=O) groups excluding carboxylic acids is 1. The first kappa shape index (κ1) is 21.2. The van der Waals surface area contributed by atoms with Crippen molar-refractivity contribution in [2.24, 2.45) is 0 Å². The third kappa shape index (κ3) is 4.08. The van der Waals surface area contributed by atoms with Crippen molar-refractivity contribution >= 4 is 16.7 Å². The van der Waals surface area contributed by atoms with Crippen molar-refractivity contribution in [3.63, 3.8) is 0 Å². The molecular formula is C24H26N2O4. The minimum atomic E-state index is -0.634. The summed E-state index contributed by atoms with van der Waals surface area (Å²) >= 11 is 0. The Labute approximate surface area is 175 Å². The van der Waals surface area contributed by atoms with Crippen LogP contribution in [0.4, 0.5) is 0 Å². The molecule has 0 spiro atoms. The summed E-state index contributed by atoms with van der Waals surface area (Å²) in [4.78, 5) is 31.7. The van der Waals surface area contributed by atoms with E-state index in [1.807, 2.05) is 64.1 Å². The van der Waals surface area contributed by atoms with E-state index in [4.69, 9.17) is 4.84 Å². The summed E-state index contributed by atoms with van der Waals surface area (Å²) in [5.41, 5.74) is 0.626. The van der Waals surface area contributed by atoms with E-state index >= 15 is 0 Å². The zero-order valence-electron chi connectivity index (χ0n) is 17.6. The van der Waals surface area contributed by atoms with Crippen molar-refractivity contribution in [3.05, 3.63) is 87.7 Å². The molecule has 0 saturated carbocycles. The molecule has 0 atom stereocenters. The van der Waals surface area contributed by atoms with Crippen LogP contribution >= 0.6 is 0 Å². The Morgan fingerprint density at radius 3 is 2.33 bits per heavy atom. The molecule has 156 valence electrons. The molecule has 0 aliphatic rings. The van der Waals surface area contributed by atoms with E-state index in [-0.39, 0.29) is 17.6 Å². The number of aromatic nitrogens is 1. The van der Waals surface area contributed by atoms with Gasteiger partial charge in [-0.1, -0.05) is 60.2 Å². The van der Waals surface area contributed by atoms with E-state index in [9.17, 15) is 14.7 Å². The van der Waals surface area contributed by atoms with Gasteiger partial charge in [-0.05, 0) is 39.3 Å². The van der Waals surface area contributed by atoms with Gasteiger partial charge in [-0.2, -0.15) is 0 Å². The third-order valence-electron chi connectivity index (χ3n) is 5.30. The van der Waals surface area contributed by atoms with Crippen LogP contribution < -0.4 is 15.7 Å². The first-order valence-corrected chi connectivity index (χ1v) is 9.76. The molecule has 2 N–H and O–H groups in total. The summed E-state index contributed by atoms with van der Waals surface area (Å²) in [6, 6.07) is 15.9. The lowest BCUT2D eigenvalue weighted by Gasteiger charge is -2.28. The largest absolute Gasteiger partial charge is 0.492 e. The molecular weight excluding hydrogens is 380 g/mol. The van der Waals surface area contributed by atoms with E-state index in [2.05, 4.69) is 5.32 Å². The standard InChI is InChI=1S/C24H26N2O4/c1-5-16(2)24(3,4)25-21(27)20-18-13-9-10-14-19(18)22(28)26(23(20)29)30-15-17-11-7-6-8-12-17/h5-14,29H,15H2,1-4H3,(H,25,27). The number of nitrogens with one attached hydrogen (secondary N) is 1. The zero-order chi connectivity index (χ0) is 21.9. The average molecular weight is 406 g/mol. The van der Waals surface area contributed by atoms with Crippen LogP contribution in [0.25, 0.3) is 10.8 Å². The van der Waals surface area contributed by atoms with Gasteiger partial charge in [0.25, 0.3) is 11.5 Å². The highest BCUT2D eigenvalue weighted by Gasteiger charge is 2.28. The van der Waals surface area contributed by atoms with Crippen LogP contribution in [0.5, 0.6) is 5.88 Å². The van der Waals surface area contributed by atoms with Crippen LogP contribution in [0.3, 0.4) is 0 Å². The third-order valence-corrected chi connectivity index (χ3v) is 5.30. The minimum Gasteiger partial charge on any atom is -0.492 e. The van der Waals surface area contributed by atoms with E-state index in [0.29, 0.717) is 5.39 Å². The molecule has 1 heterocycles. The van der Waals surface area contributed by atoms with Crippen LogP contribution in [0.15, 0.2) is 71.0 Å². The molecule has 3 aromatic rings. The maximum Gasteiger partial charge on any atom is 0.294 e. The number of allylic oxidation sites excluding steroid dienone is 1. The molecule has 0 bridgehead atoms. The van der Waals surface area contributed by atoms with E-state index in [1.54, 1.807) is 24.3 Å². The number of carbonyl (C=O) groups is 1. The SMILES string of the molecule is CC=C(C)C(C)(C)NC(=O)c1c(O)n(OCc2ccccc2)c(=O)c2ccccc12. The van der Waals surface area contributed by atoms with Gasteiger partial charge in [0, 0.05) is 5.39 Å². The van der Waals surface area contributed by atoms with Gasteiger partial charge in [0.1, 0.15) is 12.2 Å². The summed E-state index contributed by atoms with van der Waals surface area (Å²) in [5, 5.41) is 14.5. The Bertz CT molecular complexity index is 1160. The van der Waals surface area contributed by atoms with Crippen molar-refractivity contribution in [2.75, 3.05) is 0 Å². The Morgan fingerprint density at radius 1 is 1.10 bits per heavy atom. The van der Waals surface area contributed by atoms with Crippen LogP contribution in [-0.2, 0) is 6.61 Å². The van der Waals surface area contributed by atoms with Gasteiger partial charge in [-0.15, -0.1) is 4.73 Å². The first-order valence-electron chi connectivity index (χ1n) is 9.76. The quantitative estimate of drug-likeness (QED) is 0.610. The highest BCUT2D eigenvalue weighted by molar-refractivity contribution is 6.09. The average Bonchev–Trinajstić information content (AvgIpc) is 2.73. The van der Waals surface area contributed by atoms with Gasteiger partial charge >= 0.3 is 0 Å². The van der Waals surface area contributed by atoms with Gasteiger partial charge in [-0.3, -0.25) is 9.59 Å². The lowest BCUT2D eigenvalue weighted by atomic mass is 9.94. The molecule has 6 nitrogen and oxygen atoms in total. The van der Waals surface area contributed by atoms with Crippen molar-refractivity contribution in [2.45, 2.75) is 39.8 Å². The number of pyridine rings is 1. The fourth-order valence-corrected chi connectivity index (χ4v) is 3.18. The van der Waals surface area contributed by atoms with Gasteiger partial charge in [0.2, 0.25) is 5.88 Å². The molecule has 0 radical (unpaired) electrons. The molecule has 0 fully saturated rings. The lowest BCUT2D eigenvalue weighted by molar-refractivity contribution is 0.0695. The minimum absolute atomic E-state index is 0.00441. The van der Waals surface area contributed by atoms with Gasteiger partial charge in [0.05, 0.1) is 10.9 Å². The molecule has 0 aliphatic heterocycles. The number of amides is 1. The summed E-state index contributed by atoms with van der Waals surface area (Å²) in [5.74, 6) is -1.02. The summed E-state index contributed by atoms with van der Waals surface area (Å²) < 4.78 is 0.791. The zero-order valence-corrected chi connectivity index (χ0v) is 17.6. The van der Waals surface area contributed by atoms with Crippen LogP contribution in [-0.4, -0.2) is 21.3 Å². The van der Waals surface area contributed by atoms with Crippen molar-refractivity contribution in [1.29, 1.82) is 0 Å². The molecule has 6 heteroatoms. The first-order chi connectivity index (χ1) is 14.3. The maximum absolute atomic E-state index is 13.2. The highest BCUT2D eigenvalue weighted by Crippen LogP contribution is 2.26. The van der Waals surface area contributed by atoms with Crippen LogP contribution in [0, 0.1) is 0 Å². The lowest BCUT2D eigenvalue weighted by Crippen LogP contribution is -2.45. The van der Waals surface area contributed by atoms with Gasteiger partial charge in [0.15, 0.2) is 0 Å². The van der Waals surface area contributed by atoms with E-state index < -0.39 is 22.9 Å². The topological polar surface area (TPSA) is 80.6 Å². The van der Waals surface area contributed by atoms with Gasteiger partial charge in [-0.25, -0.2) is 0 Å². The van der Waals surface area contributed by atoms with E-state index in [1.165, 1.54) is 0 Å². The Kier molecular flexibility index (Phi) is 5.96. The monoisotopic (exact) mass is 406 g/mol. The highest BCUT2D eigenvalue weighted by atomic mass is 16.7. The Morgan fingerprint density at radius 2 is 1.70 bits per heavy atom. The normalized spacial score (nSPS) is 12.1. The predicted octanol–water partition coefficient (Wildman–Crippen LogP) is 3.81. The second kappa shape index (κ2) is 8.45. The molecule has 1 aromatic heterocycles. The second-order valence-corrected chi connectivity index (χ2v) is 7.65. The summed E-state index contributed by atoms with van der Waals surface area (Å²) in [6.07, 6.45) is 1.92. The van der Waals surface area contributed by atoms with Crippen LogP contribution in [0.1, 0.15) is 43.6 Å². The van der Waals surface area contributed by atoms with E-state index in [0.717, 1.165) is 15.9 Å². The molecule has 2 aromatic carbocycles. The second-order valence-electron chi connectivity index (χ2n) is 7.65. The summed E-state index contributed by atoms with van der Waals surface area (Å²) in [7, 11) is 0. The Hall–Kier alpha value is -3.54. The summed E-state index contributed by atoms with van der Waals surface area (Å²) in [6.45, 7) is 7.63. The van der Waals surface area contributed by atoms with Gasteiger partial charge < -0.3 is 15.3 Å². The number of rotatable bonds is 6. The van der Waals surface area contributed by atoms with Crippen molar-refractivity contribution in [1.82, 2.24) is 10.0 Å². The number of nitrogens with zero attached hydrogens (tertiary/aromatic N) is 1. The molecule has 0 saturated heterocycles. The number of aromatic hydroxyl groups is 1. The maximum atomic E-state index is 13.2. The molecule has 3 rings (SSSR count). The molecule has 1 amide bonds. The molecule has 0 unspecified atom stereocenters. The Balaban J connectivity index is 2.09. The molecule has 0 aliphatic carbocycles. The predicted molar refractivity (Wildman–Crippen MR) is 118 cm³/mol. The smallest absolute Gasteiger partial charge is 0.294 e. The number of fused-ring (bicyclic) bond motifs is 1. The van der Waals surface area contributed by atoms with Crippen molar-refractivity contribution in [3.8, 4) is 5.88 Å².